The van der Waals surface area contributed by atoms with Crippen molar-refractivity contribution in [1.29, 1.82) is 0 Å². The summed E-state index contributed by atoms with van der Waals surface area (Å²) in [6, 6.07) is 16.6. The Morgan fingerprint density at radius 3 is 1.88 bits per heavy atom. The van der Waals surface area contributed by atoms with Crippen LogP contribution in [0.25, 0.3) is 0 Å². The Bertz CT molecular complexity index is 715. The highest BCUT2D eigenvalue weighted by atomic mass is 32.2. The molecule has 0 spiro atoms. The summed E-state index contributed by atoms with van der Waals surface area (Å²) in [5, 5.41) is 0.110. The summed E-state index contributed by atoms with van der Waals surface area (Å²) in [6.45, 7) is 6.38. The second-order valence-electron chi connectivity index (χ2n) is 6.57. The van der Waals surface area contributed by atoms with Crippen LogP contribution in [0, 0.1) is 13.8 Å². The molecule has 0 radical (unpaired) electrons. The minimum Gasteiger partial charge on any atom is -0.282 e. The van der Waals surface area contributed by atoms with E-state index in [1.54, 1.807) is 11.8 Å². The summed E-state index contributed by atoms with van der Waals surface area (Å²) < 4.78 is 0. The maximum absolute atomic E-state index is 12.5. The van der Waals surface area contributed by atoms with Crippen LogP contribution in [-0.2, 0) is 4.79 Å². The van der Waals surface area contributed by atoms with Gasteiger partial charge in [0.05, 0.1) is 0 Å². The first kappa shape index (κ1) is 20.9. The van der Waals surface area contributed by atoms with E-state index in [0.717, 1.165) is 22.6 Å². The zero-order valence-electron chi connectivity index (χ0n) is 16.0. The predicted octanol–water partition coefficient (Wildman–Crippen LogP) is 7.57. The van der Waals surface area contributed by atoms with Gasteiger partial charge in [-0.1, -0.05) is 73.3 Å². The van der Waals surface area contributed by atoms with Gasteiger partial charge in [0.2, 0.25) is 5.12 Å². The zero-order chi connectivity index (χ0) is 18.8. The van der Waals surface area contributed by atoms with Crippen LogP contribution < -0.4 is 0 Å². The van der Waals surface area contributed by atoms with Crippen LogP contribution in [0.1, 0.15) is 50.2 Å². The number of hydrogen-bond donors (Lipinski definition) is 0. The SMILES string of the molecule is CCCCCC/C(=C\C(=O)Sc1ccc(C)cc1)Sc1ccc(C)cc1. The van der Waals surface area contributed by atoms with Gasteiger partial charge in [-0.15, -0.1) is 0 Å². The van der Waals surface area contributed by atoms with Crippen LogP contribution >= 0.6 is 23.5 Å². The largest absolute Gasteiger partial charge is 0.282 e. The van der Waals surface area contributed by atoms with E-state index in [1.807, 2.05) is 30.3 Å². The van der Waals surface area contributed by atoms with Crippen molar-refractivity contribution in [2.24, 2.45) is 0 Å². The summed E-state index contributed by atoms with van der Waals surface area (Å²) in [4.78, 5) is 15.9. The van der Waals surface area contributed by atoms with Crippen molar-refractivity contribution in [2.75, 3.05) is 0 Å². The van der Waals surface area contributed by atoms with Crippen LogP contribution in [-0.4, -0.2) is 5.12 Å². The van der Waals surface area contributed by atoms with Gasteiger partial charge in [0, 0.05) is 15.9 Å². The third kappa shape index (κ3) is 7.84. The van der Waals surface area contributed by atoms with E-state index in [-0.39, 0.29) is 5.12 Å². The molecule has 138 valence electrons. The quantitative estimate of drug-likeness (QED) is 0.252. The van der Waals surface area contributed by atoms with Gasteiger partial charge in [0.25, 0.3) is 0 Å². The summed E-state index contributed by atoms with van der Waals surface area (Å²) in [6.07, 6.45) is 7.66. The fourth-order valence-electron chi connectivity index (χ4n) is 2.52. The summed E-state index contributed by atoms with van der Waals surface area (Å²) in [5.74, 6) is 0. The monoisotopic (exact) mass is 384 g/mol. The molecule has 2 aromatic rings. The lowest BCUT2D eigenvalue weighted by Gasteiger charge is -2.08. The average molecular weight is 385 g/mol. The predicted molar refractivity (Wildman–Crippen MR) is 116 cm³/mol. The van der Waals surface area contributed by atoms with E-state index in [1.165, 1.54) is 47.0 Å². The minimum absolute atomic E-state index is 0.110. The molecule has 0 fully saturated rings. The number of carbonyl (C=O) groups excluding carboxylic acids is 1. The second-order valence-corrected chi connectivity index (χ2v) is 8.85. The Morgan fingerprint density at radius 1 is 0.808 bits per heavy atom. The standard InChI is InChI=1S/C23H28OS2/c1-4-5-6-7-8-22(25-20-13-9-18(2)10-14-20)17-23(24)26-21-15-11-19(3)12-16-21/h9-17H,4-8H2,1-3H3/b22-17+. The molecule has 0 amide bonds. The van der Waals surface area contributed by atoms with Crippen molar-refractivity contribution in [3.05, 3.63) is 70.6 Å². The highest BCUT2D eigenvalue weighted by molar-refractivity contribution is 8.14. The maximum atomic E-state index is 12.5. The molecule has 0 aliphatic rings. The zero-order valence-corrected chi connectivity index (χ0v) is 17.6. The van der Waals surface area contributed by atoms with Crippen molar-refractivity contribution >= 4 is 28.6 Å². The summed E-state index contributed by atoms with van der Waals surface area (Å²) in [5.41, 5.74) is 2.47. The number of carbonyl (C=O) groups is 1. The molecule has 2 aromatic carbocycles. The number of hydrogen-bond acceptors (Lipinski definition) is 3. The topological polar surface area (TPSA) is 17.1 Å². The van der Waals surface area contributed by atoms with Gasteiger partial charge in [0.1, 0.15) is 0 Å². The lowest BCUT2D eigenvalue weighted by Crippen LogP contribution is -1.90. The van der Waals surface area contributed by atoms with Gasteiger partial charge in [-0.25, -0.2) is 0 Å². The first-order valence-electron chi connectivity index (χ1n) is 9.30. The second kappa shape index (κ2) is 11.3. The Hall–Kier alpha value is -1.45. The van der Waals surface area contributed by atoms with Crippen LogP contribution in [0.5, 0.6) is 0 Å². The molecule has 0 heterocycles. The fraction of sp³-hybridized carbons (Fsp3) is 0.348. The molecule has 0 N–H and O–H groups in total. The van der Waals surface area contributed by atoms with E-state index in [0.29, 0.717) is 0 Å². The molecule has 0 unspecified atom stereocenters. The number of aryl methyl sites for hydroxylation is 2. The summed E-state index contributed by atoms with van der Waals surface area (Å²) >= 11 is 3.03. The minimum atomic E-state index is 0.110. The molecule has 0 saturated heterocycles. The molecule has 0 saturated carbocycles. The van der Waals surface area contributed by atoms with Crippen LogP contribution in [0.2, 0.25) is 0 Å². The lowest BCUT2D eigenvalue weighted by atomic mass is 10.1. The van der Waals surface area contributed by atoms with Crippen LogP contribution in [0.3, 0.4) is 0 Å². The van der Waals surface area contributed by atoms with Crippen molar-refractivity contribution in [3.8, 4) is 0 Å². The van der Waals surface area contributed by atoms with Gasteiger partial charge < -0.3 is 0 Å². The number of thioether (sulfide) groups is 2. The van der Waals surface area contributed by atoms with E-state index in [9.17, 15) is 4.79 Å². The number of allylic oxidation sites excluding steroid dienone is 1. The van der Waals surface area contributed by atoms with Gasteiger partial charge in [-0.05, 0) is 67.6 Å². The molecule has 0 aromatic heterocycles. The Balaban J connectivity index is 2.04. The molecule has 3 heteroatoms. The number of rotatable bonds is 9. The van der Waals surface area contributed by atoms with E-state index in [4.69, 9.17) is 0 Å². The number of benzene rings is 2. The Labute approximate surface area is 166 Å². The molecule has 2 rings (SSSR count). The van der Waals surface area contributed by atoms with E-state index >= 15 is 0 Å². The normalized spacial score (nSPS) is 11.6. The van der Waals surface area contributed by atoms with Crippen molar-refractivity contribution < 1.29 is 4.79 Å². The number of unbranched alkanes of at least 4 members (excludes halogenated alkanes) is 3. The van der Waals surface area contributed by atoms with Crippen molar-refractivity contribution in [1.82, 2.24) is 0 Å². The van der Waals surface area contributed by atoms with E-state index in [2.05, 4.69) is 45.0 Å². The van der Waals surface area contributed by atoms with Gasteiger partial charge in [0.15, 0.2) is 0 Å². The third-order valence-electron chi connectivity index (χ3n) is 4.06. The van der Waals surface area contributed by atoms with Crippen molar-refractivity contribution in [2.45, 2.75) is 62.7 Å². The first-order chi connectivity index (χ1) is 12.6. The molecular formula is C23H28OS2. The first-order valence-corrected chi connectivity index (χ1v) is 10.9. The van der Waals surface area contributed by atoms with Crippen LogP contribution in [0.15, 0.2) is 69.3 Å². The van der Waals surface area contributed by atoms with Gasteiger partial charge >= 0.3 is 0 Å². The molecule has 0 bridgehead atoms. The average Bonchev–Trinajstić information content (AvgIpc) is 2.62. The van der Waals surface area contributed by atoms with Gasteiger partial charge in [-0.3, -0.25) is 4.79 Å². The van der Waals surface area contributed by atoms with Gasteiger partial charge in [-0.2, -0.15) is 0 Å². The lowest BCUT2D eigenvalue weighted by molar-refractivity contribution is -0.107. The molecule has 0 aliphatic carbocycles. The molecule has 0 aliphatic heterocycles. The van der Waals surface area contributed by atoms with Crippen molar-refractivity contribution in [3.63, 3.8) is 0 Å². The molecule has 0 atom stereocenters. The molecular weight excluding hydrogens is 356 g/mol. The third-order valence-corrected chi connectivity index (χ3v) is 5.98. The molecule has 26 heavy (non-hydrogen) atoms. The highest BCUT2D eigenvalue weighted by Gasteiger charge is 2.07. The fourth-order valence-corrected chi connectivity index (χ4v) is 4.29. The van der Waals surface area contributed by atoms with E-state index < -0.39 is 0 Å². The highest BCUT2D eigenvalue weighted by Crippen LogP contribution is 2.32. The molecule has 1 nitrogen and oxygen atoms in total. The Kier molecular flexibility index (Phi) is 9.07. The maximum Gasteiger partial charge on any atom is 0.217 e. The summed E-state index contributed by atoms with van der Waals surface area (Å²) in [7, 11) is 0. The smallest absolute Gasteiger partial charge is 0.217 e. The Morgan fingerprint density at radius 2 is 1.35 bits per heavy atom. The van der Waals surface area contributed by atoms with Crippen LogP contribution in [0.4, 0.5) is 0 Å².